The van der Waals surface area contributed by atoms with Crippen molar-refractivity contribution in [1.29, 1.82) is 0 Å². The van der Waals surface area contributed by atoms with Gasteiger partial charge in [0.1, 0.15) is 5.75 Å². The summed E-state index contributed by atoms with van der Waals surface area (Å²) in [4.78, 5) is 16.3. The third kappa shape index (κ3) is 6.97. The van der Waals surface area contributed by atoms with Gasteiger partial charge in [-0.3, -0.25) is 4.79 Å². The van der Waals surface area contributed by atoms with Gasteiger partial charge in [-0.05, 0) is 74.5 Å². The van der Waals surface area contributed by atoms with E-state index in [2.05, 4.69) is 28.6 Å². The highest BCUT2D eigenvalue weighted by molar-refractivity contribution is 5.85. The molecule has 2 N–H and O–H groups in total. The van der Waals surface area contributed by atoms with Crippen LogP contribution in [0.2, 0.25) is 0 Å². The van der Waals surface area contributed by atoms with Gasteiger partial charge < -0.3 is 15.4 Å². The van der Waals surface area contributed by atoms with Crippen molar-refractivity contribution in [3.63, 3.8) is 0 Å². The summed E-state index contributed by atoms with van der Waals surface area (Å²) in [5, 5.41) is 6.33. The molecule has 1 unspecified atom stereocenters. The third-order valence-corrected chi connectivity index (χ3v) is 5.00. The zero-order valence-corrected chi connectivity index (χ0v) is 18.0. The number of carbonyl (C=O) groups excluding carboxylic acids is 1. The molecule has 2 heterocycles. The van der Waals surface area contributed by atoms with E-state index in [9.17, 15) is 4.79 Å². The quantitative estimate of drug-likeness (QED) is 0.692. The van der Waals surface area contributed by atoms with E-state index in [-0.39, 0.29) is 30.7 Å². The second-order valence-electron chi connectivity index (χ2n) is 6.98. The first-order chi connectivity index (χ1) is 12.6. The van der Waals surface area contributed by atoms with E-state index in [1.54, 1.807) is 6.20 Å². The van der Waals surface area contributed by atoms with Crippen LogP contribution in [-0.2, 0) is 11.3 Å². The number of benzene rings is 1. The summed E-state index contributed by atoms with van der Waals surface area (Å²) in [6.45, 7) is 6.70. The Labute approximate surface area is 179 Å². The molecule has 1 fully saturated rings. The largest absolute Gasteiger partial charge is 0.439 e. The van der Waals surface area contributed by atoms with Gasteiger partial charge in [-0.25, -0.2) is 4.98 Å². The molecule has 1 amide bonds. The molecule has 7 heteroatoms. The number of aryl methyl sites for hydroxylation is 1. The number of carbonyl (C=O) groups is 1. The molecule has 0 bridgehead atoms. The van der Waals surface area contributed by atoms with Gasteiger partial charge in [0.2, 0.25) is 11.8 Å². The summed E-state index contributed by atoms with van der Waals surface area (Å²) in [6.07, 6.45) is 4.43. The molecule has 1 aromatic heterocycles. The molecule has 28 heavy (non-hydrogen) atoms. The third-order valence-electron chi connectivity index (χ3n) is 5.00. The van der Waals surface area contributed by atoms with Crippen LogP contribution < -0.4 is 15.4 Å². The first-order valence-electron chi connectivity index (χ1n) is 9.28. The number of nitrogens with zero attached hydrogens (tertiary/aromatic N) is 1. The number of hydrogen-bond acceptors (Lipinski definition) is 4. The van der Waals surface area contributed by atoms with Gasteiger partial charge in [0, 0.05) is 25.2 Å². The number of hydrogen-bond donors (Lipinski definition) is 2. The Balaban J connectivity index is 0.00000196. The molecular formula is C21H29Cl2N3O2. The maximum atomic E-state index is 12.1. The Bertz CT molecular complexity index is 765. The zero-order valence-electron chi connectivity index (χ0n) is 16.4. The maximum absolute atomic E-state index is 12.1. The van der Waals surface area contributed by atoms with Gasteiger partial charge in [0.25, 0.3) is 0 Å². The first-order valence-corrected chi connectivity index (χ1v) is 9.28. The second-order valence-corrected chi connectivity index (χ2v) is 6.98. The van der Waals surface area contributed by atoms with Crippen molar-refractivity contribution < 1.29 is 9.53 Å². The second kappa shape index (κ2) is 11.9. The number of ether oxygens (including phenoxy) is 1. The molecular weight excluding hydrogens is 397 g/mol. The topological polar surface area (TPSA) is 63.2 Å². The Morgan fingerprint density at radius 1 is 1.29 bits per heavy atom. The average Bonchev–Trinajstić information content (AvgIpc) is 3.16. The molecule has 5 nitrogen and oxygen atoms in total. The fraction of sp³-hybridized carbons (Fsp3) is 0.429. The molecule has 1 aliphatic heterocycles. The van der Waals surface area contributed by atoms with Crippen molar-refractivity contribution >= 4 is 30.7 Å². The van der Waals surface area contributed by atoms with E-state index in [1.807, 2.05) is 31.2 Å². The highest BCUT2D eigenvalue weighted by Crippen LogP contribution is 2.26. The van der Waals surface area contributed by atoms with E-state index in [0.717, 1.165) is 36.4 Å². The average molecular weight is 426 g/mol. The van der Waals surface area contributed by atoms with Crippen LogP contribution in [0.15, 0.2) is 36.5 Å². The molecule has 2 aromatic rings. The minimum atomic E-state index is 0. The molecule has 1 saturated heterocycles. The predicted molar refractivity (Wildman–Crippen MR) is 117 cm³/mol. The lowest BCUT2D eigenvalue weighted by atomic mass is 10.0. The lowest BCUT2D eigenvalue weighted by Gasteiger charge is -2.11. The summed E-state index contributed by atoms with van der Waals surface area (Å²) in [5.41, 5.74) is 3.27. The van der Waals surface area contributed by atoms with Crippen LogP contribution in [-0.4, -0.2) is 24.0 Å². The number of aromatic nitrogens is 1. The number of rotatable bonds is 7. The van der Waals surface area contributed by atoms with Crippen LogP contribution in [0.5, 0.6) is 11.6 Å². The number of halogens is 2. The van der Waals surface area contributed by atoms with Gasteiger partial charge in [-0.15, -0.1) is 24.8 Å². The molecule has 0 radical (unpaired) electrons. The Kier molecular flexibility index (Phi) is 10.3. The van der Waals surface area contributed by atoms with E-state index in [1.165, 1.54) is 12.0 Å². The Morgan fingerprint density at radius 2 is 2.11 bits per heavy atom. The monoisotopic (exact) mass is 425 g/mol. The van der Waals surface area contributed by atoms with Crippen LogP contribution in [0, 0.1) is 19.8 Å². The van der Waals surface area contributed by atoms with Gasteiger partial charge in [-0.2, -0.15) is 0 Å². The lowest BCUT2D eigenvalue weighted by molar-refractivity contribution is -0.121. The maximum Gasteiger partial charge on any atom is 0.220 e. The SMILES string of the molecule is Cc1cccc(Oc2cc(CNC(=O)CCC3CCNC3)ccn2)c1C.Cl.Cl. The van der Waals surface area contributed by atoms with Crippen molar-refractivity contribution in [1.82, 2.24) is 15.6 Å². The first kappa shape index (κ1) is 24.2. The lowest BCUT2D eigenvalue weighted by Crippen LogP contribution is -2.23. The summed E-state index contributed by atoms with van der Waals surface area (Å²) >= 11 is 0. The molecule has 0 spiro atoms. The van der Waals surface area contributed by atoms with Crippen LogP contribution in [0.3, 0.4) is 0 Å². The van der Waals surface area contributed by atoms with Crippen molar-refractivity contribution in [3.05, 3.63) is 53.2 Å². The molecule has 1 atom stereocenters. The van der Waals surface area contributed by atoms with Crippen LogP contribution >= 0.6 is 24.8 Å². The van der Waals surface area contributed by atoms with Crippen molar-refractivity contribution in [2.75, 3.05) is 13.1 Å². The molecule has 3 rings (SSSR count). The number of nitrogens with one attached hydrogen (secondary N) is 2. The highest BCUT2D eigenvalue weighted by Gasteiger charge is 2.15. The zero-order chi connectivity index (χ0) is 18.4. The summed E-state index contributed by atoms with van der Waals surface area (Å²) in [6, 6.07) is 9.75. The standard InChI is InChI=1S/C21H27N3O2.2ClH/c1-15-4-3-5-19(16(15)2)26-21-12-18(9-11-23-21)14-24-20(25)7-6-17-8-10-22-13-17;;/h3-5,9,11-12,17,22H,6-8,10,13-14H2,1-2H3,(H,24,25);2*1H. The number of amides is 1. The fourth-order valence-corrected chi connectivity index (χ4v) is 3.15. The van der Waals surface area contributed by atoms with Crippen LogP contribution in [0.25, 0.3) is 0 Å². The summed E-state index contributed by atoms with van der Waals surface area (Å²) < 4.78 is 5.92. The molecule has 154 valence electrons. The van der Waals surface area contributed by atoms with E-state index < -0.39 is 0 Å². The van der Waals surface area contributed by atoms with Crippen LogP contribution in [0.1, 0.15) is 36.0 Å². The minimum Gasteiger partial charge on any atom is -0.439 e. The fourth-order valence-electron chi connectivity index (χ4n) is 3.15. The molecule has 0 saturated carbocycles. The molecule has 1 aromatic carbocycles. The highest BCUT2D eigenvalue weighted by atomic mass is 35.5. The number of pyridine rings is 1. The Hall–Kier alpha value is -1.82. The minimum absolute atomic E-state index is 0. The van der Waals surface area contributed by atoms with E-state index in [4.69, 9.17) is 4.74 Å². The van der Waals surface area contributed by atoms with Crippen molar-refractivity contribution in [2.45, 2.75) is 39.7 Å². The van der Waals surface area contributed by atoms with Crippen LogP contribution in [0.4, 0.5) is 0 Å². The summed E-state index contributed by atoms with van der Waals surface area (Å²) in [7, 11) is 0. The van der Waals surface area contributed by atoms with E-state index >= 15 is 0 Å². The summed E-state index contributed by atoms with van der Waals surface area (Å²) in [5.74, 6) is 2.09. The van der Waals surface area contributed by atoms with Gasteiger partial charge >= 0.3 is 0 Å². The normalized spacial score (nSPS) is 15.3. The molecule has 0 aliphatic carbocycles. The van der Waals surface area contributed by atoms with Crippen molar-refractivity contribution in [3.8, 4) is 11.6 Å². The van der Waals surface area contributed by atoms with Gasteiger partial charge in [-0.1, -0.05) is 12.1 Å². The predicted octanol–water partition coefficient (Wildman–Crippen LogP) is 4.34. The van der Waals surface area contributed by atoms with Gasteiger partial charge in [0.15, 0.2) is 0 Å². The van der Waals surface area contributed by atoms with Gasteiger partial charge in [0.05, 0.1) is 0 Å². The Morgan fingerprint density at radius 3 is 2.86 bits per heavy atom. The smallest absolute Gasteiger partial charge is 0.220 e. The molecule has 1 aliphatic rings. The van der Waals surface area contributed by atoms with Crippen molar-refractivity contribution in [2.24, 2.45) is 5.92 Å². The van der Waals surface area contributed by atoms with E-state index in [0.29, 0.717) is 24.8 Å².